The van der Waals surface area contributed by atoms with Gasteiger partial charge in [0.15, 0.2) is 0 Å². The average Bonchev–Trinajstić information content (AvgIpc) is 2.79. The third kappa shape index (κ3) is 3.92. The number of hydrogen-bond acceptors (Lipinski definition) is 3. The molecule has 5 heteroatoms. The van der Waals surface area contributed by atoms with Crippen molar-refractivity contribution in [1.29, 1.82) is 0 Å². The van der Waals surface area contributed by atoms with Gasteiger partial charge in [0.05, 0.1) is 0 Å². The molecule has 0 saturated heterocycles. The van der Waals surface area contributed by atoms with Crippen LogP contribution < -0.4 is 5.32 Å². The summed E-state index contributed by atoms with van der Waals surface area (Å²) < 4.78 is 0. The van der Waals surface area contributed by atoms with Crippen LogP contribution >= 0.6 is 11.3 Å². The summed E-state index contributed by atoms with van der Waals surface area (Å²) in [5, 5.41) is 11.8. The molecule has 0 bridgehead atoms. The maximum Gasteiger partial charge on any atom is 0.329 e. The van der Waals surface area contributed by atoms with E-state index in [0.717, 1.165) is 4.88 Å². The number of carboxylic acid groups (broad SMARTS) is 1. The van der Waals surface area contributed by atoms with Gasteiger partial charge in [-0.3, -0.25) is 4.79 Å². The summed E-state index contributed by atoms with van der Waals surface area (Å²) in [7, 11) is 0. The number of nitrogens with one attached hydrogen (secondary N) is 1. The molecule has 1 aromatic rings. The van der Waals surface area contributed by atoms with Gasteiger partial charge in [-0.25, -0.2) is 4.79 Å². The highest BCUT2D eigenvalue weighted by Crippen LogP contribution is 2.17. The fourth-order valence-electron chi connectivity index (χ4n) is 1.76. The third-order valence-electron chi connectivity index (χ3n) is 3.14. The van der Waals surface area contributed by atoms with Gasteiger partial charge in [-0.05, 0) is 38.0 Å². The van der Waals surface area contributed by atoms with Crippen LogP contribution in [0.25, 0.3) is 6.08 Å². The first-order valence-corrected chi connectivity index (χ1v) is 7.05. The summed E-state index contributed by atoms with van der Waals surface area (Å²) in [5.74, 6) is -1.37. The molecule has 0 fully saturated rings. The molecule has 0 radical (unpaired) electrons. The predicted octanol–water partition coefficient (Wildman–Crippen LogP) is 2.83. The molecule has 0 spiro atoms. The van der Waals surface area contributed by atoms with Crippen LogP contribution in [-0.2, 0) is 9.59 Å². The number of thiophene rings is 1. The molecule has 104 valence electrons. The Labute approximate surface area is 117 Å². The number of hydrogen-bond donors (Lipinski definition) is 2. The molecule has 0 saturated carbocycles. The van der Waals surface area contributed by atoms with Crippen LogP contribution in [0.15, 0.2) is 18.2 Å². The van der Waals surface area contributed by atoms with E-state index in [1.807, 2.05) is 19.1 Å². The maximum atomic E-state index is 11.8. The summed E-state index contributed by atoms with van der Waals surface area (Å²) in [6.07, 6.45) is 3.80. The molecule has 1 rings (SSSR count). The molecule has 0 aliphatic rings. The lowest BCUT2D eigenvalue weighted by atomic mass is 9.93. The van der Waals surface area contributed by atoms with E-state index in [1.54, 1.807) is 31.3 Å². The Morgan fingerprint density at radius 1 is 1.37 bits per heavy atom. The van der Waals surface area contributed by atoms with Crippen LogP contribution in [0.4, 0.5) is 0 Å². The summed E-state index contributed by atoms with van der Waals surface area (Å²) in [4.78, 5) is 25.2. The van der Waals surface area contributed by atoms with Gasteiger partial charge in [-0.2, -0.15) is 0 Å². The zero-order valence-corrected chi connectivity index (χ0v) is 12.2. The standard InChI is InChI=1S/C14H19NO3S/c1-4-14(5-2,13(17)18)15-12(16)9-8-11-7-6-10(3)19-11/h6-9H,4-5H2,1-3H3,(H,15,16)(H,17,18). The quantitative estimate of drug-likeness (QED) is 0.788. The second-order valence-electron chi connectivity index (χ2n) is 4.37. The molecule has 0 aromatic carbocycles. The molecule has 1 heterocycles. The number of carboxylic acids is 1. The first-order valence-electron chi connectivity index (χ1n) is 6.23. The van der Waals surface area contributed by atoms with Gasteiger partial charge < -0.3 is 10.4 Å². The minimum atomic E-state index is -1.17. The molecule has 0 atom stereocenters. The highest BCUT2D eigenvalue weighted by atomic mass is 32.1. The number of rotatable bonds is 6. The molecule has 0 unspecified atom stereocenters. The van der Waals surface area contributed by atoms with E-state index in [2.05, 4.69) is 5.32 Å². The molecule has 1 aromatic heterocycles. The SMILES string of the molecule is CCC(CC)(NC(=O)C=Cc1ccc(C)s1)C(=O)O. The monoisotopic (exact) mass is 281 g/mol. The molecular weight excluding hydrogens is 262 g/mol. The number of carbonyl (C=O) groups excluding carboxylic acids is 1. The van der Waals surface area contributed by atoms with E-state index in [-0.39, 0.29) is 5.91 Å². The lowest BCUT2D eigenvalue weighted by Gasteiger charge is -2.27. The highest BCUT2D eigenvalue weighted by Gasteiger charge is 2.35. The summed E-state index contributed by atoms with van der Waals surface area (Å²) in [6.45, 7) is 5.50. The fourth-order valence-corrected chi connectivity index (χ4v) is 2.54. The van der Waals surface area contributed by atoms with Gasteiger partial charge in [-0.1, -0.05) is 13.8 Å². The van der Waals surface area contributed by atoms with Crippen molar-refractivity contribution in [3.05, 3.63) is 28.0 Å². The fraction of sp³-hybridized carbons (Fsp3) is 0.429. The summed E-state index contributed by atoms with van der Waals surface area (Å²) >= 11 is 1.58. The van der Waals surface area contributed by atoms with E-state index >= 15 is 0 Å². The average molecular weight is 281 g/mol. The molecule has 0 aliphatic carbocycles. The van der Waals surface area contributed by atoms with Gasteiger partial charge in [0.1, 0.15) is 5.54 Å². The number of amides is 1. The number of aryl methyl sites for hydroxylation is 1. The largest absolute Gasteiger partial charge is 0.480 e. The van der Waals surface area contributed by atoms with Gasteiger partial charge >= 0.3 is 5.97 Å². The Kier molecular flexibility index (Phi) is 5.30. The number of carbonyl (C=O) groups is 2. The Hall–Kier alpha value is -1.62. The van der Waals surface area contributed by atoms with Crippen molar-refractivity contribution in [3.63, 3.8) is 0 Å². The predicted molar refractivity (Wildman–Crippen MR) is 77.2 cm³/mol. The Balaban J connectivity index is 2.73. The molecule has 4 nitrogen and oxygen atoms in total. The maximum absolute atomic E-state index is 11.8. The first-order chi connectivity index (χ1) is 8.93. The second-order valence-corrected chi connectivity index (χ2v) is 5.68. The lowest BCUT2D eigenvalue weighted by molar-refractivity contribution is -0.147. The minimum absolute atomic E-state index is 0.358. The minimum Gasteiger partial charge on any atom is -0.480 e. The molecule has 19 heavy (non-hydrogen) atoms. The van der Waals surface area contributed by atoms with Crippen LogP contribution in [0.5, 0.6) is 0 Å². The van der Waals surface area contributed by atoms with Crippen LogP contribution in [-0.4, -0.2) is 22.5 Å². The first kappa shape index (κ1) is 15.4. The van der Waals surface area contributed by atoms with Crippen LogP contribution in [0.1, 0.15) is 36.4 Å². The Morgan fingerprint density at radius 3 is 2.42 bits per heavy atom. The lowest BCUT2D eigenvalue weighted by Crippen LogP contribution is -2.53. The Bertz CT molecular complexity index is 487. The van der Waals surface area contributed by atoms with Gasteiger partial charge in [0, 0.05) is 15.8 Å². The van der Waals surface area contributed by atoms with Crippen molar-refractivity contribution in [2.24, 2.45) is 0 Å². The van der Waals surface area contributed by atoms with Crippen molar-refractivity contribution in [3.8, 4) is 0 Å². The summed E-state index contributed by atoms with van der Waals surface area (Å²) in [6, 6.07) is 3.90. The van der Waals surface area contributed by atoms with Crippen molar-refractivity contribution >= 4 is 29.3 Å². The van der Waals surface area contributed by atoms with E-state index in [9.17, 15) is 14.7 Å². The van der Waals surface area contributed by atoms with Crippen molar-refractivity contribution in [2.45, 2.75) is 39.2 Å². The normalized spacial score (nSPS) is 11.7. The van der Waals surface area contributed by atoms with E-state index in [1.165, 1.54) is 11.0 Å². The Morgan fingerprint density at radius 2 is 2.00 bits per heavy atom. The van der Waals surface area contributed by atoms with Crippen molar-refractivity contribution < 1.29 is 14.7 Å². The third-order valence-corrected chi connectivity index (χ3v) is 4.11. The van der Waals surface area contributed by atoms with E-state index in [0.29, 0.717) is 12.8 Å². The zero-order chi connectivity index (χ0) is 14.5. The smallest absolute Gasteiger partial charge is 0.329 e. The van der Waals surface area contributed by atoms with Gasteiger partial charge in [0.2, 0.25) is 5.91 Å². The molecular formula is C14H19NO3S. The van der Waals surface area contributed by atoms with Crippen LogP contribution in [0.3, 0.4) is 0 Å². The van der Waals surface area contributed by atoms with Crippen LogP contribution in [0.2, 0.25) is 0 Å². The van der Waals surface area contributed by atoms with E-state index in [4.69, 9.17) is 0 Å². The van der Waals surface area contributed by atoms with Crippen molar-refractivity contribution in [2.75, 3.05) is 0 Å². The summed E-state index contributed by atoms with van der Waals surface area (Å²) in [5.41, 5.74) is -1.17. The van der Waals surface area contributed by atoms with Gasteiger partial charge in [0.25, 0.3) is 0 Å². The van der Waals surface area contributed by atoms with Gasteiger partial charge in [-0.15, -0.1) is 11.3 Å². The zero-order valence-electron chi connectivity index (χ0n) is 11.4. The topological polar surface area (TPSA) is 66.4 Å². The molecule has 2 N–H and O–H groups in total. The molecule has 0 aliphatic heterocycles. The van der Waals surface area contributed by atoms with Crippen molar-refractivity contribution in [1.82, 2.24) is 5.32 Å². The number of aliphatic carboxylic acids is 1. The highest BCUT2D eigenvalue weighted by molar-refractivity contribution is 7.12. The molecule has 1 amide bonds. The van der Waals surface area contributed by atoms with E-state index < -0.39 is 11.5 Å². The van der Waals surface area contributed by atoms with Crippen LogP contribution in [0, 0.1) is 6.92 Å². The second kappa shape index (κ2) is 6.52.